The molecule has 0 bridgehead atoms. The molecule has 1 heterocycles. The van der Waals surface area contributed by atoms with Crippen LogP contribution in [0.5, 0.6) is 5.75 Å². The molecule has 168 valence electrons. The van der Waals surface area contributed by atoms with Crippen LogP contribution in [0.15, 0.2) is 82.2 Å². The normalized spacial score (nSPS) is 13.6. The van der Waals surface area contributed by atoms with Crippen LogP contribution in [-0.4, -0.2) is 18.4 Å². The van der Waals surface area contributed by atoms with Gasteiger partial charge < -0.3 is 10.1 Å². The third-order valence-corrected chi connectivity index (χ3v) is 6.51. The fourth-order valence-electron chi connectivity index (χ4n) is 3.33. The molecule has 3 aromatic carbocycles. The van der Waals surface area contributed by atoms with Crippen molar-refractivity contribution in [1.82, 2.24) is 0 Å². The molecule has 0 saturated carbocycles. The van der Waals surface area contributed by atoms with E-state index in [-0.39, 0.29) is 5.70 Å². The summed E-state index contributed by atoms with van der Waals surface area (Å²) in [6.45, 7) is 4.30. The maximum Gasteiger partial charge on any atom is 0.283 e. The third kappa shape index (κ3) is 5.03. The van der Waals surface area contributed by atoms with Crippen LogP contribution >= 0.6 is 35.0 Å². The minimum absolute atomic E-state index is 0.208. The van der Waals surface area contributed by atoms with Gasteiger partial charge in [0.05, 0.1) is 12.3 Å². The van der Waals surface area contributed by atoms with Gasteiger partial charge in [-0.05, 0) is 86.1 Å². The van der Waals surface area contributed by atoms with Crippen molar-refractivity contribution in [3.63, 3.8) is 0 Å². The van der Waals surface area contributed by atoms with Gasteiger partial charge in [0.1, 0.15) is 16.4 Å². The molecule has 33 heavy (non-hydrogen) atoms. The van der Waals surface area contributed by atoms with E-state index in [0.29, 0.717) is 38.7 Å². The van der Waals surface area contributed by atoms with Crippen LogP contribution in [0.4, 0.5) is 11.4 Å². The van der Waals surface area contributed by atoms with Crippen molar-refractivity contribution in [3.05, 3.63) is 92.9 Å². The number of hydrogen-bond donors (Lipinski definition) is 1. The number of carbonyl (C=O) groups excluding carboxylic acids is 2. The Morgan fingerprint density at radius 1 is 0.909 bits per heavy atom. The molecule has 0 aromatic heterocycles. The maximum absolute atomic E-state index is 13.5. The number of hydrogen-bond acceptors (Lipinski definition) is 5. The molecule has 0 spiro atoms. The van der Waals surface area contributed by atoms with E-state index in [4.69, 9.17) is 27.9 Å². The maximum atomic E-state index is 13.5. The molecule has 3 aromatic rings. The zero-order valence-electron chi connectivity index (χ0n) is 17.9. The summed E-state index contributed by atoms with van der Waals surface area (Å²) in [6, 6.07) is 19.3. The first-order valence-electron chi connectivity index (χ1n) is 10.2. The molecule has 1 N–H and O–H groups in total. The van der Waals surface area contributed by atoms with Crippen LogP contribution in [0, 0.1) is 6.92 Å². The summed E-state index contributed by atoms with van der Waals surface area (Å²) in [5, 5.41) is 4.35. The molecular formula is C25H20Cl2N2O3S. The van der Waals surface area contributed by atoms with Crippen LogP contribution in [0.2, 0.25) is 10.0 Å². The number of halogens is 2. The highest BCUT2D eigenvalue weighted by molar-refractivity contribution is 8.04. The number of thioether (sulfide) groups is 1. The summed E-state index contributed by atoms with van der Waals surface area (Å²) in [4.78, 5) is 29.2. The minimum Gasteiger partial charge on any atom is -0.494 e. The molecule has 1 aliphatic heterocycles. The molecule has 2 amide bonds. The van der Waals surface area contributed by atoms with Crippen molar-refractivity contribution >= 4 is 58.2 Å². The second kappa shape index (κ2) is 9.91. The number of benzene rings is 3. The van der Waals surface area contributed by atoms with Crippen molar-refractivity contribution in [2.45, 2.75) is 18.7 Å². The van der Waals surface area contributed by atoms with Gasteiger partial charge in [-0.1, -0.05) is 35.0 Å². The monoisotopic (exact) mass is 498 g/mol. The number of ether oxygens (including phenoxy) is 1. The Morgan fingerprint density at radius 2 is 1.58 bits per heavy atom. The van der Waals surface area contributed by atoms with E-state index in [1.165, 1.54) is 16.7 Å². The van der Waals surface area contributed by atoms with Gasteiger partial charge in [0.25, 0.3) is 11.8 Å². The number of carbonyl (C=O) groups is 2. The van der Waals surface area contributed by atoms with E-state index in [0.717, 1.165) is 10.5 Å². The van der Waals surface area contributed by atoms with Gasteiger partial charge in [-0.2, -0.15) is 0 Å². The first-order valence-corrected chi connectivity index (χ1v) is 11.8. The summed E-state index contributed by atoms with van der Waals surface area (Å²) >= 11 is 13.3. The molecule has 1 aliphatic rings. The molecule has 0 aliphatic carbocycles. The average Bonchev–Trinajstić information content (AvgIpc) is 3.02. The molecule has 0 radical (unpaired) electrons. The number of amides is 2. The summed E-state index contributed by atoms with van der Waals surface area (Å²) in [5.41, 5.74) is 2.22. The van der Waals surface area contributed by atoms with Crippen molar-refractivity contribution in [1.29, 1.82) is 0 Å². The minimum atomic E-state index is -0.435. The number of rotatable bonds is 7. The Balaban J connectivity index is 1.72. The molecule has 0 fully saturated rings. The first kappa shape index (κ1) is 23.2. The van der Waals surface area contributed by atoms with Crippen molar-refractivity contribution in [3.8, 4) is 5.75 Å². The van der Waals surface area contributed by atoms with Crippen LogP contribution in [0.1, 0.15) is 12.5 Å². The number of aryl methyl sites for hydroxylation is 1. The van der Waals surface area contributed by atoms with E-state index < -0.39 is 11.8 Å². The molecule has 0 saturated heterocycles. The molecule has 0 unspecified atom stereocenters. The number of nitrogens with zero attached hydrogens (tertiary/aromatic N) is 1. The lowest BCUT2D eigenvalue weighted by Gasteiger charge is -2.16. The lowest BCUT2D eigenvalue weighted by Crippen LogP contribution is -2.32. The predicted molar refractivity (Wildman–Crippen MR) is 134 cm³/mol. The summed E-state index contributed by atoms with van der Waals surface area (Å²) in [5.74, 6) is -0.174. The van der Waals surface area contributed by atoms with Gasteiger partial charge in [-0.25, -0.2) is 4.90 Å². The number of imide groups is 1. The van der Waals surface area contributed by atoms with E-state index in [1.807, 2.05) is 26.0 Å². The smallest absolute Gasteiger partial charge is 0.283 e. The van der Waals surface area contributed by atoms with E-state index in [1.54, 1.807) is 54.6 Å². The topological polar surface area (TPSA) is 58.6 Å². The van der Waals surface area contributed by atoms with Crippen molar-refractivity contribution in [2.24, 2.45) is 0 Å². The van der Waals surface area contributed by atoms with Crippen LogP contribution < -0.4 is 15.0 Å². The zero-order chi connectivity index (χ0) is 23.5. The van der Waals surface area contributed by atoms with E-state index >= 15 is 0 Å². The Labute approximate surface area is 206 Å². The van der Waals surface area contributed by atoms with E-state index in [2.05, 4.69) is 5.32 Å². The van der Waals surface area contributed by atoms with Crippen LogP contribution in [0.3, 0.4) is 0 Å². The summed E-state index contributed by atoms with van der Waals surface area (Å²) in [6.07, 6.45) is 0. The number of nitrogens with one attached hydrogen (secondary N) is 1. The second-order valence-electron chi connectivity index (χ2n) is 7.22. The highest BCUT2D eigenvalue weighted by Crippen LogP contribution is 2.39. The van der Waals surface area contributed by atoms with Gasteiger partial charge in [-0.3, -0.25) is 9.59 Å². The largest absolute Gasteiger partial charge is 0.494 e. The highest BCUT2D eigenvalue weighted by Gasteiger charge is 2.40. The van der Waals surface area contributed by atoms with Gasteiger partial charge in [0, 0.05) is 20.6 Å². The number of anilines is 2. The zero-order valence-corrected chi connectivity index (χ0v) is 20.2. The summed E-state index contributed by atoms with van der Waals surface area (Å²) < 4.78 is 5.47. The Bertz CT molecular complexity index is 1240. The predicted octanol–water partition coefficient (Wildman–Crippen LogP) is 6.69. The lowest BCUT2D eigenvalue weighted by molar-refractivity contribution is -0.120. The van der Waals surface area contributed by atoms with Gasteiger partial charge in [0.2, 0.25) is 0 Å². The Morgan fingerprint density at radius 3 is 2.21 bits per heavy atom. The van der Waals surface area contributed by atoms with Crippen LogP contribution in [-0.2, 0) is 9.59 Å². The first-order chi connectivity index (χ1) is 15.9. The molecular weight excluding hydrogens is 479 g/mol. The van der Waals surface area contributed by atoms with E-state index in [9.17, 15) is 9.59 Å². The molecule has 4 rings (SSSR count). The molecule has 0 atom stereocenters. The average molecular weight is 499 g/mol. The fraction of sp³-hybridized carbons (Fsp3) is 0.120. The Hall–Kier alpha value is -2.93. The van der Waals surface area contributed by atoms with Gasteiger partial charge in [0.15, 0.2) is 0 Å². The second-order valence-corrected chi connectivity index (χ2v) is 9.17. The summed E-state index contributed by atoms with van der Waals surface area (Å²) in [7, 11) is 0. The molecule has 5 nitrogen and oxygen atoms in total. The highest BCUT2D eigenvalue weighted by atomic mass is 35.5. The van der Waals surface area contributed by atoms with Gasteiger partial charge >= 0.3 is 0 Å². The third-order valence-electron chi connectivity index (χ3n) is 4.93. The van der Waals surface area contributed by atoms with Crippen molar-refractivity contribution in [2.75, 3.05) is 16.8 Å². The van der Waals surface area contributed by atoms with Gasteiger partial charge in [-0.15, -0.1) is 0 Å². The quantitative estimate of drug-likeness (QED) is 0.367. The fourth-order valence-corrected chi connectivity index (χ4v) is 4.61. The SMILES string of the molecule is CCOc1ccc(N2C(=O)C(Nc3ccc(Cl)cc3C)=C(Sc3ccc(Cl)cc3)C2=O)cc1. The molecule has 8 heteroatoms. The van der Waals surface area contributed by atoms with Crippen molar-refractivity contribution < 1.29 is 14.3 Å². The standard InChI is InChI=1S/C25H20Cl2N2O3S/c1-3-32-19-9-7-18(8-10-19)29-24(30)22(28-21-13-6-17(27)14-15(21)2)23(25(29)31)33-20-11-4-16(26)5-12-20/h4-14,28H,3H2,1-2H3. The lowest BCUT2D eigenvalue weighted by atomic mass is 10.2. The Kier molecular flexibility index (Phi) is 6.98. The van der Waals surface area contributed by atoms with Crippen LogP contribution in [0.25, 0.3) is 0 Å².